The molecule has 0 aliphatic carbocycles. The highest BCUT2D eigenvalue weighted by atomic mass is 79.9. The van der Waals surface area contributed by atoms with E-state index in [-0.39, 0.29) is 5.91 Å². The minimum atomic E-state index is 0.0455. The Balaban J connectivity index is 1.64. The average Bonchev–Trinajstić information content (AvgIpc) is 2.99. The number of rotatable bonds is 7. The van der Waals surface area contributed by atoms with Crippen LogP contribution in [0.5, 0.6) is 5.88 Å². The van der Waals surface area contributed by atoms with Crippen LogP contribution in [0.1, 0.15) is 28.8 Å². The van der Waals surface area contributed by atoms with Crippen LogP contribution in [0.15, 0.2) is 28.7 Å². The van der Waals surface area contributed by atoms with Crippen molar-refractivity contribution in [1.29, 1.82) is 0 Å². The van der Waals surface area contributed by atoms with Crippen LogP contribution in [0.25, 0.3) is 11.0 Å². The number of methoxy groups -OCH3 is 1. The van der Waals surface area contributed by atoms with E-state index in [0.29, 0.717) is 25.3 Å². The number of carbonyl (C=O) groups is 1. The minimum Gasteiger partial charge on any atom is -0.479 e. The molecule has 7 heteroatoms. The van der Waals surface area contributed by atoms with E-state index in [4.69, 9.17) is 4.74 Å². The molecule has 0 fully saturated rings. The lowest BCUT2D eigenvalue weighted by atomic mass is 10.00. The quantitative estimate of drug-likeness (QED) is 0.603. The first-order valence-corrected chi connectivity index (χ1v) is 10.1. The van der Waals surface area contributed by atoms with Gasteiger partial charge in [-0.25, -0.2) is 9.67 Å². The van der Waals surface area contributed by atoms with Crippen molar-refractivity contribution >= 4 is 32.9 Å². The number of halogens is 1. The molecule has 148 valence electrons. The molecule has 28 heavy (non-hydrogen) atoms. The van der Waals surface area contributed by atoms with Crippen molar-refractivity contribution in [2.24, 2.45) is 7.05 Å². The zero-order valence-electron chi connectivity index (χ0n) is 16.7. The third kappa shape index (κ3) is 4.19. The summed E-state index contributed by atoms with van der Waals surface area (Å²) in [5, 5.41) is 8.30. The van der Waals surface area contributed by atoms with Gasteiger partial charge in [-0.1, -0.05) is 34.1 Å². The standard InChI is InChI=1S/C21H25BrN4O2/c1-13-16(14(2)24-20-19(13)21(28-4)25-26(20)3)9-10-18(27)23-12-11-15-7-5-6-8-17(15)22/h5-8H,9-12H2,1-4H3,(H,23,27). The number of hydrogen-bond donors (Lipinski definition) is 1. The third-order valence-electron chi connectivity index (χ3n) is 4.99. The highest BCUT2D eigenvalue weighted by molar-refractivity contribution is 9.10. The van der Waals surface area contributed by atoms with Crippen LogP contribution in [-0.2, 0) is 24.7 Å². The second-order valence-corrected chi connectivity index (χ2v) is 7.68. The Kier molecular flexibility index (Phi) is 6.34. The zero-order valence-corrected chi connectivity index (χ0v) is 18.3. The van der Waals surface area contributed by atoms with Crippen LogP contribution in [0, 0.1) is 13.8 Å². The Morgan fingerprint density at radius 2 is 2.00 bits per heavy atom. The molecule has 1 aromatic carbocycles. The molecular formula is C21H25BrN4O2. The molecule has 1 N–H and O–H groups in total. The van der Waals surface area contributed by atoms with E-state index < -0.39 is 0 Å². The maximum absolute atomic E-state index is 12.3. The molecule has 0 aliphatic heterocycles. The van der Waals surface area contributed by atoms with E-state index in [0.717, 1.165) is 38.7 Å². The summed E-state index contributed by atoms with van der Waals surface area (Å²) in [4.78, 5) is 17.0. The Labute approximate surface area is 173 Å². The van der Waals surface area contributed by atoms with Gasteiger partial charge in [0.1, 0.15) is 0 Å². The van der Waals surface area contributed by atoms with Gasteiger partial charge in [-0.3, -0.25) is 4.79 Å². The van der Waals surface area contributed by atoms with Crippen molar-refractivity contribution in [2.75, 3.05) is 13.7 Å². The van der Waals surface area contributed by atoms with Crippen molar-refractivity contribution in [1.82, 2.24) is 20.1 Å². The summed E-state index contributed by atoms with van der Waals surface area (Å²) >= 11 is 3.54. The van der Waals surface area contributed by atoms with Gasteiger partial charge in [-0.15, -0.1) is 5.10 Å². The molecule has 0 bridgehead atoms. The fourth-order valence-corrected chi connectivity index (χ4v) is 3.95. The third-order valence-corrected chi connectivity index (χ3v) is 5.77. The number of nitrogens with one attached hydrogen (secondary N) is 1. The molecule has 0 aliphatic rings. The monoisotopic (exact) mass is 444 g/mol. The number of amides is 1. The Hall–Kier alpha value is -2.41. The van der Waals surface area contributed by atoms with Crippen LogP contribution < -0.4 is 10.1 Å². The Morgan fingerprint density at radius 1 is 1.25 bits per heavy atom. The fourth-order valence-electron chi connectivity index (χ4n) is 3.47. The highest BCUT2D eigenvalue weighted by Crippen LogP contribution is 2.30. The number of benzene rings is 1. The number of nitrogens with zero attached hydrogens (tertiary/aromatic N) is 3. The van der Waals surface area contributed by atoms with Crippen molar-refractivity contribution in [3.63, 3.8) is 0 Å². The maximum atomic E-state index is 12.3. The zero-order chi connectivity index (χ0) is 20.3. The molecule has 2 heterocycles. The predicted molar refractivity (Wildman–Crippen MR) is 114 cm³/mol. The molecule has 6 nitrogen and oxygen atoms in total. The van der Waals surface area contributed by atoms with E-state index in [9.17, 15) is 4.79 Å². The molecule has 2 aromatic heterocycles. The van der Waals surface area contributed by atoms with Gasteiger partial charge in [0.05, 0.1) is 12.5 Å². The van der Waals surface area contributed by atoms with Gasteiger partial charge in [-0.2, -0.15) is 0 Å². The van der Waals surface area contributed by atoms with Crippen LogP contribution in [0.2, 0.25) is 0 Å². The molecule has 0 atom stereocenters. The van der Waals surface area contributed by atoms with Crippen molar-refractivity contribution in [3.05, 3.63) is 51.1 Å². The van der Waals surface area contributed by atoms with Gasteiger partial charge in [0.25, 0.3) is 0 Å². The van der Waals surface area contributed by atoms with Gasteiger partial charge in [0.15, 0.2) is 5.65 Å². The van der Waals surface area contributed by atoms with Gasteiger partial charge >= 0.3 is 0 Å². The summed E-state index contributed by atoms with van der Waals surface area (Å²) in [7, 11) is 3.47. The molecule has 3 aromatic rings. The summed E-state index contributed by atoms with van der Waals surface area (Å²) < 4.78 is 8.20. The van der Waals surface area contributed by atoms with Gasteiger partial charge < -0.3 is 10.1 Å². The number of fused-ring (bicyclic) bond motifs is 1. The van der Waals surface area contributed by atoms with Crippen LogP contribution in [0.4, 0.5) is 0 Å². The molecular weight excluding hydrogens is 420 g/mol. The number of aromatic nitrogens is 3. The van der Waals surface area contributed by atoms with Gasteiger partial charge in [-0.05, 0) is 49.4 Å². The summed E-state index contributed by atoms with van der Waals surface area (Å²) in [5.41, 5.74) is 5.08. The summed E-state index contributed by atoms with van der Waals surface area (Å²) in [6.45, 7) is 4.64. The van der Waals surface area contributed by atoms with E-state index in [1.807, 2.05) is 39.1 Å². The topological polar surface area (TPSA) is 69.0 Å². The maximum Gasteiger partial charge on any atom is 0.242 e. The largest absolute Gasteiger partial charge is 0.479 e. The summed E-state index contributed by atoms with van der Waals surface area (Å²) in [6, 6.07) is 8.06. The van der Waals surface area contributed by atoms with Gasteiger partial charge in [0.2, 0.25) is 11.8 Å². The van der Waals surface area contributed by atoms with Crippen molar-refractivity contribution in [2.45, 2.75) is 33.1 Å². The minimum absolute atomic E-state index is 0.0455. The number of hydrogen-bond acceptors (Lipinski definition) is 4. The first kappa shape index (κ1) is 20.3. The Morgan fingerprint density at radius 3 is 2.71 bits per heavy atom. The smallest absolute Gasteiger partial charge is 0.242 e. The molecule has 3 rings (SSSR count). The SMILES string of the molecule is COc1nn(C)c2nc(C)c(CCC(=O)NCCc3ccccc3Br)c(C)c12. The molecule has 0 saturated heterocycles. The number of carbonyl (C=O) groups excluding carboxylic acids is 1. The van der Waals surface area contributed by atoms with E-state index in [1.165, 1.54) is 5.56 Å². The lowest BCUT2D eigenvalue weighted by Gasteiger charge is -2.11. The first-order chi connectivity index (χ1) is 13.4. The second-order valence-electron chi connectivity index (χ2n) is 6.82. The van der Waals surface area contributed by atoms with Crippen LogP contribution in [0.3, 0.4) is 0 Å². The number of aryl methyl sites for hydroxylation is 3. The molecule has 1 amide bonds. The van der Waals surface area contributed by atoms with Crippen LogP contribution in [-0.4, -0.2) is 34.3 Å². The highest BCUT2D eigenvalue weighted by Gasteiger charge is 2.18. The van der Waals surface area contributed by atoms with E-state index in [2.05, 4.69) is 37.4 Å². The normalized spacial score (nSPS) is 11.0. The number of pyridine rings is 1. The molecule has 0 radical (unpaired) electrons. The average molecular weight is 445 g/mol. The van der Waals surface area contributed by atoms with E-state index in [1.54, 1.807) is 11.8 Å². The lowest BCUT2D eigenvalue weighted by molar-refractivity contribution is -0.121. The molecule has 0 unspecified atom stereocenters. The predicted octanol–water partition coefficient (Wildman–Crippen LogP) is 3.65. The second kappa shape index (κ2) is 8.73. The van der Waals surface area contributed by atoms with Crippen molar-refractivity contribution in [3.8, 4) is 5.88 Å². The van der Waals surface area contributed by atoms with E-state index >= 15 is 0 Å². The fraction of sp³-hybridized carbons (Fsp3) is 0.381. The Bertz CT molecular complexity index is 1010. The van der Waals surface area contributed by atoms with Crippen molar-refractivity contribution < 1.29 is 9.53 Å². The summed E-state index contributed by atoms with van der Waals surface area (Å²) in [6.07, 6.45) is 1.86. The molecule has 0 saturated carbocycles. The number of ether oxygens (including phenoxy) is 1. The lowest BCUT2D eigenvalue weighted by Crippen LogP contribution is -2.26. The molecule has 0 spiro atoms. The van der Waals surface area contributed by atoms with Gasteiger partial charge in [0, 0.05) is 30.2 Å². The first-order valence-electron chi connectivity index (χ1n) is 9.29. The van der Waals surface area contributed by atoms with Crippen LogP contribution >= 0.6 is 15.9 Å². The summed E-state index contributed by atoms with van der Waals surface area (Å²) in [5.74, 6) is 0.616.